The molecule has 8 heteroatoms. The highest BCUT2D eigenvalue weighted by molar-refractivity contribution is 8.18. The normalized spacial score (nSPS) is 24.5. The summed E-state index contributed by atoms with van der Waals surface area (Å²) >= 11 is 0.900. The highest BCUT2D eigenvalue weighted by Gasteiger charge is 2.60. The molecule has 1 saturated heterocycles. The second-order valence-corrected chi connectivity index (χ2v) is 9.80. The Hall–Kier alpha value is -2.74. The number of amides is 3. The van der Waals surface area contributed by atoms with Crippen LogP contribution in [0.2, 0.25) is 0 Å². The fourth-order valence-electron chi connectivity index (χ4n) is 4.10. The summed E-state index contributed by atoms with van der Waals surface area (Å²) in [5.74, 6) is 1.03. The third-order valence-electron chi connectivity index (χ3n) is 5.91. The van der Waals surface area contributed by atoms with Crippen molar-refractivity contribution >= 4 is 34.9 Å². The lowest BCUT2D eigenvalue weighted by Crippen LogP contribution is -2.38. The van der Waals surface area contributed by atoms with E-state index in [2.05, 4.69) is 25.2 Å². The Bertz CT molecular complexity index is 1010. The summed E-state index contributed by atoms with van der Waals surface area (Å²) in [6.07, 6.45) is 3.81. The number of carbonyl (C=O) groups excluding carboxylic acids is 3. The van der Waals surface area contributed by atoms with Crippen LogP contribution in [0, 0.1) is 17.3 Å². The molecule has 1 aromatic carbocycles. The SMILES string of the molecule is CC(C)=CC1C(C(=O)NCCN2C(=O)S/C(=C\c3ccc4c(c3)OCO4)C2=O)C1(C)C. The number of imide groups is 1. The Morgan fingerprint density at radius 1 is 1.26 bits per heavy atom. The first-order valence-corrected chi connectivity index (χ1v) is 11.1. The second-order valence-electron chi connectivity index (χ2n) is 8.81. The fraction of sp³-hybridized carbons (Fsp3) is 0.435. The molecule has 1 saturated carbocycles. The van der Waals surface area contributed by atoms with Crippen molar-refractivity contribution in [2.75, 3.05) is 19.9 Å². The third kappa shape index (κ3) is 4.21. The first kappa shape index (κ1) is 21.5. The molecular formula is C23H26N2O5S. The number of carbonyl (C=O) groups is 3. The van der Waals surface area contributed by atoms with E-state index in [9.17, 15) is 14.4 Å². The van der Waals surface area contributed by atoms with Crippen molar-refractivity contribution in [2.45, 2.75) is 27.7 Å². The van der Waals surface area contributed by atoms with Gasteiger partial charge in [0.05, 0.1) is 10.8 Å². The number of nitrogens with zero attached hydrogens (tertiary/aromatic N) is 1. The van der Waals surface area contributed by atoms with E-state index < -0.39 is 0 Å². The van der Waals surface area contributed by atoms with Crippen molar-refractivity contribution < 1.29 is 23.9 Å². The highest BCUT2D eigenvalue weighted by atomic mass is 32.2. The van der Waals surface area contributed by atoms with Gasteiger partial charge in [0.1, 0.15) is 0 Å². The standard InChI is InChI=1S/C23H26N2O5S/c1-13(2)9-15-19(23(15,3)4)20(26)24-7-8-25-21(27)18(31-22(25)28)11-14-5-6-16-17(10-14)30-12-29-16/h5-6,9-11,15,19H,7-8,12H2,1-4H3,(H,24,26)/b18-11-. The van der Waals surface area contributed by atoms with Crippen LogP contribution in [0.15, 0.2) is 34.8 Å². The Labute approximate surface area is 185 Å². The van der Waals surface area contributed by atoms with Gasteiger partial charge < -0.3 is 14.8 Å². The summed E-state index contributed by atoms with van der Waals surface area (Å²) in [5, 5.41) is 2.56. The molecule has 2 fully saturated rings. The molecule has 0 spiro atoms. The smallest absolute Gasteiger partial charge is 0.293 e. The molecule has 7 nitrogen and oxygen atoms in total. The van der Waals surface area contributed by atoms with Gasteiger partial charge in [-0.05, 0) is 60.7 Å². The molecule has 1 N–H and O–H groups in total. The Morgan fingerprint density at radius 2 is 2.00 bits per heavy atom. The van der Waals surface area contributed by atoms with Gasteiger partial charge in [0.15, 0.2) is 11.5 Å². The van der Waals surface area contributed by atoms with Crippen LogP contribution in [0.4, 0.5) is 4.79 Å². The van der Waals surface area contributed by atoms with Gasteiger partial charge >= 0.3 is 0 Å². The van der Waals surface area contributed by atoms with Crippen LogP contribution in [-0.2, 0) is 9.59 Å². The van der Waals surface area contributed by atoms with E-state index >= 15 is 0 Å². The molecule has 2 atom stereocenters. The molecule has 2 unspecified atom stereocenters. The second kappa shape index (κ2) is 8.07. The van der Waals surface area contributed by atoms with Crippen LogP contribution in [0.3, 0.4) is 0 Å². The molecular weight excluding hydrogens is 416 g/mol. The zero-order valence-electron chi connectivity index (χ0n) is 18.1. The number of rotatable bonds is 6. The molecule has 31 heavy (non-hydrogen) atoms. The number of ether oxygens (including phenoxy) is 2. The van der Waals surface area contributed by atoms with Crippen LogP contribution in [-0.4, -0.2) is 41.8 Å². The number of benzene rings is 1. The summed E-state index contributed by atoms with van der Waals surface area (Å²) in [5.41, 5.74) is 1.88. The predicted molar refractivity (Wildman–Crippen MR) is 118 cm³/mol. The van der Waals surface area contributed by atoms with Crippen LogP contribution >= 0.6 is 11.8 Å². The maximum atomic E-state index is 12.7. The lowest BCUT2D eigenvalue weighted by Gasteiger charge is -2.13. The zero-order chi connectivity index (χ0) is 22.3. The van der Waals surface area contributed by atoms with Crippen molar-refractivity contribution in [3.8, 4) is 11.5 Å². The van der Waals surface area contributed by atoms with Gasteiger partial charge in [-0.15, -0.1) is 0 Å². The lowest BCUT2D eigenvalue weighted by atomic mass is 10.1. The monoisotopic (exact) mass is 442 g/mol. The average Bonchev–Trinajstić information content (AvgIpc) is 3.00. The molecule has 0 bridgehead atoms. The first-order valence-electron chi connectivity index (χ1n) is 10.3. The summed E-state index contributed by atoms with van der Waals surface area (Å²) < 4.78 is 10.6. The number of allylic oxidation sites excluding steroid dienone is 2. The van der Waals surface area contributed by atoms with Crippen molar-refractivity contribution in [3.05, 3.63) is 40.3 Å². The van der Waals surface area contributed by atoms with Crippen molar-refractivity contribution in [3.63, 3.8) is 0 Å². The molecule has 0 aromatic heterocycles. The van der Waals surface area contributed by atoms with Gasteiger partial charge in [0.25, 0.3) is 11.1 Å². The van der Waals surface area contributed by atoms with E-state index in [-0.39, 0.29) is 54.2 Å². The largest absolute Gasteiger partial charge is 0.454 e. The summed E-state index contributed by atoms with van der Waals surface area (Å²) in [6, 6.07) is 5.36. The van der Waals surface area contributed by atoms with E-state index in [0.717, 1.165) is 17.3 Å². The molecule has 4 rings (SSSR count). The molecule has 1 aliphatic carbocycles. The zero-order valence-corrected chi connectivity index (χ0v) is 18.9. The van der Waals surface area contributed by atoms with E-state index in [4.69, 9.17) is 9.47 Å². The van der Waals surface area contributed by atoms with Crippen LogP contribution in [0.5, 0.6) is 11.5 Å². The minimum Gasteiger partial charge on any atom is -0.454 e. The van der Waals surface area contributed by atoms with Gasteiger partial charge in [-0.1, -0.05) is 31.6 Å². The summed E-state index contributed by atoms with van der Waals surface area (Å²) in [6.45, 7) is 8.78. The maximum absolute atomic E-state index is 12.7. The molecule has 0 radical (unpaired) electrons. The van der Waals surface area contributed by atoms with Gasteiger partial charge in [-0.2, -0.15) is 0 Å². The minimum atomic E-state index is -0.351. The Morgan fingerprint density at radius 3 is 2.74 bits per heavy atom. The number of thioether (sulfide) groups is 1. The number of hydrogen-bond donors (Lipinski definition) is 1. The highest BCUT2D eigenvalue weighted by Crippen LogP contribution is 2.59. The van der Waals surface area contributed by atoms with Gasteiger partial charge in [0.2, 0.25) is 12.7 Å². The number of nitrogens with one attached hydrogen (secondary N) is 1. The van der Waals surface area contributed by atoms with Crippen molar-refractivity contribution in [1.29, 1.82) is 0 Å². The molecule has 1 aromatic rings. The Balaban J connectivity index is 1.34. The van der Waals surface area contributed by atoms with E-state index in [0.29, 0.717) is 16.4 Å². The first-order chi connectivity index (χ1) is 14.7. The summed E-state index contributed by atoms with van der Waals surface area (Å²) in [4.78, 5) is 39.1. The van der Waals surface area contributed by atoms with Crippen LogP contribution < -0.4 is 14.8 Å². The predicted octanol–water partition coefficient (Wildman–Crippen LogP) is 3.81. The van der Waals surface area contributed by atoms with Gasteiger partial charge in [-0.25, -0.2) is 0 Å². The van der Waals surface area contributed by atoms with E-state index in [1.807, 2.05) is 19.9 Å². The molecule has 2 heterocycles. The maximum Gasteiger partial charge on any atom is 0.293 e. The number of fused-ring (bicyclic) bond motifs is 1. The topological polar surface area (TPSA) is 84.9 Å². The summed E-state index contributed by atoms with van der Waals surface area (Å²) in [7, 11) is 0. The lowest BCUT2D eigenvalue weighted by molar-refractivity contribution is -0.125. The van der Waals surface area contributed by atoms with Gasteiger partial charge in [0, 0.05) is 13.1 Å². The van der Waals surface area contributed by atoms with E-state index in [1.54, 1.807) is 18.2 Å². The molecule has 164 valence electrons. The van der Waals surface area contributed by atoms with Crippen LogP contribution in [0.1, 0.15) is 33.3 Å². The fourth-order valence-corrected chi connectivity index (χ4v) is 4.96. The van der Waals surface area contributed by atoms with Crippen molar-refractivity contribution in [2.24, 2.45) is 17.3 Å². The average molecular weight is 443 g/mol. The van der Waals surface area contributed by atoms with Crippen molar-refractivity contribution in [1.82, 2.24) is 10.2 Å². The van der Waals surface area contributed by atoms with E-state index in [1.165, 1.54) is 10.5 Å². The molecule has 3 aliphatic rings. The Kier molecular flexibility index (Phi) is 5.60. The van der Waals surface area contributed by atoms with Gasteiger partial charge in [-0.3, -0.25) is 19.3 Å². The molecule has 2 aliphatic heterocycles. The third-order valence-corrected chi connectivity index (χ3v) is 6.82. The van der Waals surface area contributed by atoms with Crippen LogP contribution in [0.25, 0.3) is 6.08 Å². The molecule has 3 amide bonds. The minimum absolute atomic E-state index is 0.0321. The number of hydrogen-bond acceptors (Lipinski definition) is 6. The quantitative estimate of drug-likeness (QED) is 0.533.